The van der Waals surface area contributed by atoms with E-state index in [1.54, 1.807) is 0 Å². The quantitative estimate of drug-likeness (QED) is 0.265. The summed E-state index contributed by atoms with van der Waals surface area (Å²) in [6, 6.07) is 17.7. The van der Waals surface area contributed by atoms with Gasteiger partial charge in [-0.1, -0.05) is 64.1 Å². The van der Waals surface area contributed by atoms with Crippen LogP contribution >= 0.6 is 0 Å². The lowest BCUT2D eigenvalue weighted by atomic mass is 9.81. The summed E-state index contributed by atoms with van der Waals surface area (Å²) in [6.07, 6.45) is 3.31. The van der Waals surface area contributed by atoms with E-state index in [-0.39, 0.29) is 10.8 Å². The van der Waals surface area contributed by atoms with Crippen LogP contribution in [0.1, 0.15) is 45.2 Å². The zero-order valence-corrected chi connectivity index (χ0v) is 15.4. The molecule has 0 spiro atoms. The second-order valence-electron chi connectivity index (χ2n) is 8.87. The first-order valence-electron chi connectivity index (χ1n) is 9.12. The average molecular weight is 325 g/mol. The Bertz CT molecular complexity index is 1160. The molecule has 0 fully saturated rings. The second kappa shape index (κ2) is 4.60. The Hall–Kier alpha value is -2.41. The van der Waals surface area contributed by atoms with Gasteiger partial charge in [0, 0.05) is 17.0 Å². The minimum absolute atomic E-state index is 0.185. The highest BCUT2D eigenvalue weighted by Gasteiger charge is 2.43. The van der Waals surface area contributed by atoms with E-state index in [2.05, 4.69) is 82.4 Å². The van der Waals surface area contributed by atoms with Crippen LogP contribution in [0.25, 0.3) is 32.4 Å². The summed E-state index contributed by atoms with van der Waals surface area (Å²) in [5.41, 5.74) is 4.44. The molecule has 0 saturated heterocycles. The van der Waals surface area contributed by atoms with Crippen molar-refractivity contribution in [1.29, 1.82) is 0 Å². The van der Waals surface area contributed by atoms with E-state index in [1.165, 1.54) is 44.5 Å². The number of aromatic nitrogens is 1. The number of hydrogen-bond acceptors (Lipinski definition) is 1. The fraction of sp³-hybridized carbons (Fsp3) is 0.292. The number of hydrogen-bond donors (Lipinski definition) is 0. The summed E-state index contributed by atoms with van der Waals surface area (Å²) in [5, 5.41) is 6.44. The number of benzene rings is 3. The highest BCUT2D eigenvalue weighted by atomic mass is 14.7. The molecule has 124 valence electrons. The van der Waals surface area contributed by atoms with Crippen LogP contribution in [-0.4, -0.2) is 4.98 Å². The molecule has 0 saturated carbocycles. The second-order valence-corrected chi connectivity index (χ2v) is 8.87. The molecule has 3 aromatic carbocycles. The maximum Gasteiger partial charge on any atom is 0.0783 e. The molecular formula is C24H23N. The summed E-state index contributed by atoms with van der Waals surface area (Å²) in [6.45, 7) is 9.46. The van der Waals surface area contributed by atoms with E-state index in [9.17, 15) is 0 Å². The van der Waals surface area contributed by atoms with Gasteiger partial charge >= 0.3 is 0 Å². The first-order chi connectivity index (χ1) is 11.9. The molecule has 1 nitrogen and oxygen atoms in total. The van der Waals surface area contributed by atoms with Gasteiger partial charge in [0.1, 0.15) is 0 Å². The Morgan fingerprint density at radius 3 is 2.24 bits per heavy atom. The zero-order chi connectivity index (χ0) is 17.4. The Balaban J connectivity index is 1.94. The van der Waals surface area contributed by atoms with Crippen molar-refractivity contribution in [3.05, 3.63) is 65.9 Å². The van der Waals surface area contributed by atoms with Crippen LogP contribution in [0, 0.1) is 0 Å². The van der Waals surface area contributed by atoms with Crippen molar-refractivity contribution in [2.24, 2.45) is 0 Å². The van der Waals surface area contributed by atoms with Crippen LogP contribution in [0.3, 0.4) is 0 Å². The SMILES string of the molecule is CC1(C)CC(C)(C)c2c1cnc1c2ccc2cc3ccccc3cc21. The van der Waals surface area contributed by atoms with Gasteiger partial charge in [-0.2, -0.15) is 0 Å². The van der Waals surface area contributed by atoms with Crippen LogP contribution in [-0.2, 0) is 10.8 Å². The van der Waals surface area contributed by atoms with Gasteiger partial charge in [-0.3, -0.25) is 4.98 Å². The van der Waals surface area contributed by atoms with E-state index in [4.69, 9.17) is 4.98 Å². The van der Waals surface area contributed by atoms with Crippen molar-refractivity contribution in [2.45, 2.75) is 44.9 Å². The van der Waals surface area contributed by atoms with Gasteiger partial charge in [-0.05, 0) is 56.7 Å². The van der Waals surface area contributed by atoms with Crippen molar-refractivity contribution in [2.75, 3.05) is 0 Å². The van der Waals surface area contributed by atoms with Crippen LogP contribution < -0.4 is 0 Å². The number of nitrogens with zero attached hydrogens (tertiary/aromatic N) is 1. The first kappa shape index (κ1) is 14.9. The Kier molecular flexibility index (Phi) is 2.74. The van der Waals surface area contributed by atoms with Gasteiger partial charge in [-0.25, -0.2) is 0 Å². The largest absolute Gasteiger partial charge is 0.255 e. The summed E-state index contributed by atoms with van der Waals surface area (Å²) in [5.74, 6) is 0. The highest BCUT2D eigenvalue weighted by Crippen LogP contribution is 2.51. The van der Waals surface area contributed by atoms with Crippen LogP contribution in [0.4, 0.5) is 0 Å². The molecule has 0 aliphatic heterocycles. The van der Waals surface area contributed by atoms with E-state index >= 15 is 0 Å². The number of rotatable bonds is 0. The van der Waals surface area contributed by atoms with E-state index < -0.39 is 0 Å². The average Bonchev–Trinajstić information content (AvgIpc) is 2.77. The molecule has 0 radical (unpaired) electrons. The van der Waals surface area contributed by atoms with Gasteiger partial charge in [0.05, 0.1) is 5.52 Å². The van der Waals surface area contributed by atoms with Crippen LogP contribution in [0.2, 0.25) is 0 Å². The van der Waals surface area contributed by atoms with E-state index in [0.717, 1.165) is 5.52 Å². The topological polar surface area (TPSA) is 12.9 Å². The predicted molar refractivity (Wildman–Crippen MR) is 107 cm³/mol. The molecule has 0 bridgehead atoms. The third kappa shape index (κ3) is 1.99. The van der Waals surface area contributed by atoms with E-state index in [0.29, 0.717) is 0 Å². The molecule has 0 N–H and O–H groups in total. The van der Waals surface area contributed by atoms with Gasteiger partial charge in [-0.15, -0.1) is 0 Å². The maximum absolute atomic E-state index is 4.95. The molecule has 5 rings (SSSR count). The standard InChI is InChI=1S/C24H23N/c1-23(2)14-24(3,4)21-18-10-9-17-11-15-7-5-6-8-16(15)12-19(17)22(18)25-13-20(21)23/h5-13H,14H2,1-4H3. The summed E-state index contributed by atoms with van der Waals surface area (Å²) in [7, 11) is 0. The third-order valence-corrected chi connectivity index (χ3v) is 6.01. The zero-order valence-electron chi connectivity index (χ0n) is 15.4. The number of pyridine rings is 1. The Morgan fingerprint density at radius 1 is 0.760 bits per heavy atom. The van der Waals surface area contributed by atoms with Crippen molar-refractivity contribution >= 4 is 32.4 Å². The smallest absolute Gasteiger partial charge is 0.0783 e. The first-order valence-corrected chi connectivity index (χ1v) is 9.12. The fourth-order valence-electron chi connectivity index (χ4n) is 5.21. The Labute approximate surface area is 148 Å². The molecule has 1 heteroatoms. The highest BCUT2D eigenvalue weighted by molar-refractivity contribution is 6.11. The monoisotopic (exact) mass is 325 g/mol. The van der Waals surface area contributed by atoms with E-state index in [1.807, 2.05) is 0 Å². The molecule has 25 heavy (non-hydrogen) atoms. The van der Waals surface area contributed by atoms with Gasteiger partial charge < -0.3 is 0 Å². The molecule has 0 unspecified atom stereocenters. The van der Waals surface area contributed by atoms with Gasteiger partial charge in [0.2, 0.25) is 0 Å². The normalized spacial score (nSPS) is 18.1. The summed E-state index contributed by atoms with van der Waals surface area (Å²) >= 11 is 0. The predicted octanol–water partition coefficient (Wildman–Crippen LogP) is 6.50. The minimum Gasteiger partial charge on any atom is -0.255 e. The summed E-state index contributed by atoms with van der Waals surface area (Å²) in [4.78, 5) is 4.95. The van der Waals surface area contributed by atoms with Crippen molar-refractivity contribution in [3.63, 3.8) is 0 Å². The molecule has 4 aromatic rings. The molecule has 1 aliphatic carbocycles. The Morgan fingerprint density at radius 2 is 1.48 bits per heavy atom. The summed E-state index contributed by atoms with van der Waals surface area (Å²) < 4.78 is 0. The lowest BCUT2D eigenvalue weighted by molar-refractivity contribution is 0.404. The van der Waals surface area contributed by atoms with Gasteiger partial charge in [0.15, 0.2) is 0 Å². The van der Waals surface area contributed by atoms with Crippen LogP contribution in [0.5, 0.6) is 0 Å². The van der Waals surface area contributed by atoms with Crippen molar-refractivity contribution in [1.82, 2.24) is 4.98 Å². The molecule has 1 aliphatic rings. The molecule has 1 heterocycles. The van der Waals surface area contributed by atoms with Gasteiger partial charge in [0.25, 0.3) is 0 Å². The lowest BCUT2D eigenvalue weighted by Crippen LogP contribution is -2.18. The molecule has 0 atom stereocenters. The fourth-order valence-corrected chi connectivity index (χ4v) is 5.21. The maximum atomic E-state index is 4.95. The lowest BCUT2D eigenvalue weighted by Gasteiger charge is -2.23. The molecular weight excluding hydrogens is 302 g/mol. The molecule has 1 aromatic heterocycles. The van der Waals surface area contributed by atoms with Crippen LogP contribution in [0.15, 0.2) is 54.7 Å². The minimum atomic E-state index is 0.185. The molecule has 0 amide bonds. The number of fused-ring (bicyclic) bond motifs is 6. The van der Waals surface area contributed by atoms with Crippen molar-refractivity contribution < 1.29 is 0 Å². The third-order valence-electron chi connectivity index (χ3n) is 6.01. The van der Waals surface area contributed by atoms with Crippen molar-refractivity contribution in [3.8, 4) is 0 Å².